The number of thioether (sulfide) groups is 1. The first-order valence-corrected chi connectivity index (χ1v) is 12.5. The van der Waals surface area contributed by atoms with Crippen LogP contribution >= 0.6 is 11.8 Å². The zero-order chi connectivity index (χ0) is 19.6. The lowest BCUT2D eigenvalue weighted by molar-refractivity contribution is -0.119. The fraction of sp³-hybridized carbons (Fsp3) is 0.857. The van der Waals surface area contributed by atoms with Gasteiger partial charge in [-0.25, -0.2) is 0 Å². The number of carbonyl (C=O) groups excluding carboxylic acids is 1. The highest BCUT2D eigenvalue weighted by Crippen LogP contribution is 2.44. The van der Waals surface area contributed by atoms with Crippen molar-refractivity contribution in [1.82, 2.24) is 20.1 Å². The van der Waals surface area contributed by atoms with E-state index in [1.807, 2.05) is 0 Å². The zero-order valence-corrected chi connectivity index (χ0v) is 18.0. The molecule has 0 radical (unpaired) electrons. The van der Waals surface area contributed by atoms with Gasteiger partial charge in [-0.05, 0) is 69.6 Å². The van der Waals surface area contributed by atoms with Crippen LogP contribution in [-0.2, 0) is 16.1 Å². The number of nitrogens with one attached hydrogen (secondary N) is 1. The second kappa shape index (κ2) is 8.84. The molecule has 1 amide bonds. The van der Waals surface area contributed by atoms with Gasteiger partial charge in [-0.3, -0.25) is 9.36 Å². The van der Waals surface area contributed by atoms with Crippen molar-refractivity contribution in [3.05, 3.63) is 0 Å². The van der Waals surface area contributed by atoms with Crippen molar-refractivity contribution in [1.29, 1.82) is 0 Å². The fourth-order valence-corrected chi connectivity index (χ4v) is 5.51. The van der Waals surface area contributed by atoms with E-state index in [2.05, 4.69) is 25.0 Å². The Morgan fingerprint density at radius 3 is 2.48 bits per heavy atom. The molecular weight excluding hydrogens is 386 g/mol. The lowest BCUT2D eigenvalue weighted by atomic mass is 10.1. The quantitative estimate of drug-likeness (QED) is 0.621. The van der Waals surface area contributed by atoms with Crippen molar-refractivity contribution >= 4 is 23.6 Å². The summed E-state index contributed by atoms with van der Waals surface area (Å²) in [6, 6.07) is 0.414. The van der Waals surface area contributed by atoms with E-state index >= 15 is 0 Å². The first-order chi connectivity index (χ1) is 14.3. The number of anilines is 1. The molecule has 1 N–H and O–H groups in total. The van der Waals surface area contributed by atoms with Gasteiger partial charge in [0.25, 0.3) is 0 Å². The summed E-state index contributed by atoms with van der Waals surface area (Å²) in [6.07, 6.45) is 11.3. The molecule has 2 saturated carbocycles. The summed E-state index contributed by atoms with van der Waals surface area (Å²) in [7, 11) is 0. The normalized spacial score (nSPS) is 25.0. The smallest absolute Gasteiger partial charge is 0.230 e. The minimum Gasteiger partial charge on any atom is -0.376 e. The van der Waals surface area contributed by atoms with Crippen LogP contribution in [0.4, 0.5) is 5.95 Å². The first-order valence-electron chi connectivity index (χ1n) is 11.5. The zero-order valence-electron chi connectivity index (χ0n) is 17.2. The first kappa shape index (κ1) is 19.7. The minimum atomic E-state index is 0.144. The van der Waals surface area contributed by atoms with E-state index < -0.39 is 0 Å². The van der Waals surface area contributed by atoms with Gasteiger partial charge in [-0.1, -0.05) is 11.8 Å². The van der Waals surface area contributed by atoms with Gasteiger partial charge in [-0.2, -0.15) is 0 Å². The topological polar surface area (TPSA) is 72.3 Å². The van der Waals surface area contributed by atoms with Crippen molar-refractivity contribution in [2.75, 3.05) is 30.3 Å². The summed E-state index contributed by atoms with van der Waals surface area (Å²) in [5, 5.41) is 13.2. The van der Waals surface area contributed by atoms with Crippen molar-refractivity contribution < 1.29 is 9.53 Å². The predicted octanol–water partition coefficient (Wildman–Crippen LogP) is 2.84. The fourth-order valence-electron chi connectivity index (χ4n) is 4.76. The maximum Gasteiger partial charge on any atom is 0.230 e. The standard InChI is InChI=1S/C21H33N5O2S/c27-18(22-19(15-6-7-15)16-8-9-16)14-29-21-24-23-20(25-10-2-1-3-11-25)26(21)13-17-5-4-12-28-17/h15-17,19H,1-14H2,(H,22,27). The average molecular weight is 420 g/mol. The maximum absolute atomic E-state index is 12.6. The van der Waals surface area contributed by atoms with Gasteiger partial charge in [0.05, 0.1) is 18.4 Å². The predicted molar refractivity (Wildman–Crippen MR) is 113 cm³/mol. The van der Waals surface area contributed by atoms with Gasteiger partial charge in [0.1, 0.15) is 0 Å². The number of piperidine rings is 1. The van der Waals surface area contributed by atoms with Crippen LogP contribution in [0.3, 0.4) is 0 Å². The molecule has 0 bridgehead atoms. The number of carbonyl (C=O) groups is 1. The summed E-state index contributed by atoms with van der Waals surface area (Å²) in [4.78, 5) is 15.0. The molecule has 4 aliphatic rings. The van der Waals surface area contributed by atoms with Gasteiger partial charge in [-0.15, -0.1) is 10.2 Å². The highest BCUT2D eigenvalue weighted by atomic mass is 32.2. The highest BCUT2D eigenvalue weighted by molar-refractivity contribution is 7.99. The van der Waals surface area contributed by atoms with Crippen LogP contribution in [-0.4, -0.2) is 58.3 Å². The molecule has 0 aromatic carbocycles. The molecule has 0 spiro atoms. The Kier molecular flexibility index (Phi) is 5.99. The van der Waals surface area contributed by atoms with Crippen LogP contribution in [0.25, 0.3) is 0 Å². The largest absolute Gasteiger partial charge is 0.376 e. The molecule has 3 heterocycles. The van der Waals surface area contributed by atoms with Gasteiger partial charge in [0.15, 0.2) is 5.16 Å². The SMILES string of the molecule is O=C(CSc1nnc(N2CCCCC2)n1CC1CCCO1)NC(C1CC1)C1CC1. The van der Waals surface area contributed by atoms with E-state index in [0.29, 0.717) is 11.8 Å². The van der Waals surface area contributed by atoms with Gasteiger partial charge in [0.2, 0.25) is 11.9 Å². The van der Waals surface area contributed by atoms with Crippen molar-refractivity contribution in [2.24, 2.45) is 11.8 Å². The molecule has 1 atom stereocenters. The molecule has 29 heavy (non-hydrogen) atoms. The number of hydrogen-bond donors (Lipinski definition) is 1. The summed E-state index contributed by atoms with van der Waals surface area (Å²) < 4.78 is 8.09. The molecule has 1 aromatic heterocycles. The third-order valence-corrected chi connectivity index (χ3v) is 7.63. The molecule has 2 aliphatic carbocycles. The number of amides is 1. The second-order valence-corrected chi connectivity index (χ2v) is 10.1. The third kappa shape index (κ3) is 4.90. The molecule has 160 valence electrons. The minimum absolute atomic E-state index is 0.144. The Morgan fingerprint density at radius 1 is 1.07 bits per heavy atom. The molecule has 7 nitrogen and oxygen atoms in total. The monoisotopic (exact) mass is 419 g/mol. The second-order valence-electron chi connectivity index (χ2n) is 9.13. The van der Waals surface area contributed by atoms with Crippen molar-refractivity contribution in [3.8, 4) is 0 Å². The number of aromatic nitrogens is 3. The van der Waals surface area contributed by atoms with Crippen LogP contribution in [0.15, 0.2) is 5.16 Å². The number of hydrogen-bond acceptors (Lipinski definition) is 6. The van der Waals surface area contributed by atoms with E-state index in [1.165, 1.54) is 56.7 Å². The number of ether oxygens (including phenoxy) is 1. The Balaban J connectivity index is 1.24. The molecule has 8 heteroatoms. The Labute approximate surface area is 177 Å². The van der Waals surface area contributed by atoms with Crippen LogP contribution in [0.2, 0.25) is 0 Å². The van der Waals surface area contributed by atoms with Crippen LogP contribution in [0.5, 0.6) is 0 Å². The number of rotatable bonds is 9. The average Bonchev–Trinajstić information content (AvgIpc) is 3.67. The summed E-state index contributed by atoms with van der Waals surface area (Å²) in [5.74, 6) is 2.97. The van der Waals surface area contributed by atoms with Gasteiger partial charge >= 0.3 is 0 Å². The lowest BCUT2D eigenvalue weighted by Gasteiger charge is -2.28. The highest BCUT2D eigenvalue weighted by Gasteiger charge is 2.42. The van der Waals surface area contributed by atoms with Crippen LogP contribution in [0, 0.1) is 11.8 Å². The Hall–Kier alpha value is -1.28. The Morgan fingerprint density at radius 2 is 1.83 bits per heavy atom. The maximum atomic E-state index is 12.6. The summed E-state index contributed by atoms with van der Waals surface area (Å²) in [5.41, 5.74) is 0. The molecule has 5 rings (SSSR count). The Bertz CT molecular complexity index is 694. The number of nitrogens with zero attached hydrogens (tertiary/aromatic N) is 4. The van der Waals surface area contributed by atoms with E-state index in [9.17, 15) is 4.79 Å². The van der Waals surface area contributed by atoms with Crippen molar-refractivity contribution in [3.63, 3.8) is 0 Å². The molecular formula is C21H33N5O2S. The molecule has 1 unspecified atom stereocenters. The molecule has 2 saturated heterocycles. The van der Waals surface area contributed by atoms with Crippen molar-refractivity contribution in [2.45, 2.75) is 81.6 Å². The van der Waals surface area contributed by atoms with Gasteiger partial charge < -0.3 is 15.0 Å². The van der Waals surface area contributed by atoms with E-state index in [4.69, 9.17) is 4.74 Å². The summed E-state index contributed by atoms with van der Waals surface area (Å²) in [6.45, 7) is 3.72. The van der Waals surface area contributed by atoms with Crippen LogP contribution < -0.4 is 10.2 Å². The van der Waals surface area contributed by atoms with E-state index in [0.717, 1.165) is 62.0 Å². The third-order valence-electron chi connectivity index (χ3n) is 6.67. The van der Waals surface area contributed by atoms with Crippen LogP contribution in [0.1, 0.15) is 57.8 Å². The molecule has 2 aliphatic heterocycles. The summed E-state index contributed by atoms with van der Waals surface area (Å²) >= 11 is 1.52. The lowest BCUT2D eigenvalue weighted by Crippen LogP contribution is -2.39. The van der Waals surface area contributed by atoms with E-state index in [1.54, 1.807) is 0 Å². The molecule has 4 fully saturated rings. The molecule has 1 aromatic rings. The van der Waals surface area contributed by atoms with Gasteiger partial charge in [0, 0.05) is 25.7 Å². The van der Waals surface area contributed by atoms with E-state index in [-0.39, 0.29) is 12.0 Å².